The van der Waals surface area contributed by atoms with Gasteiger partial charge in [-0.05, 0) is 97.0 Å². The zero-order chi connectivity index (χ0) is 17.1. The van der Waals surface area contributed by atoms with Crippen molar-refractivity contribution < 1.29 is 9.90 Å². The van der Waals surface area contributed by atoms with Gasteiger partial charge in [0.15, 0.2) is 5.11 Å². The number of carbonyl (C=O) groups excluding carboxylic acids is 1. The normalized spacial score (nSPS) is 10.3. The third-order valence-electron chi connectivity index (χ3n) is 2.67. The molecular weight excluding hydrogens is 582 g/mol. The number of phenols is 1. The largest absolute Gasteiger partial charge is 0.506 e. The second kappa shape index (κ2) is 8.11. The number of aromatic hydroxyl groups is 1. The van der Waals surface area contributed by atoms with E-state index < -0.39 is 5.91 Å². The van der Waals surface area contributed by atoms with Crippen molar-refractivity contribution >= 4 is 95.0 Å². The fraction of sp³-hybridized carbons (Fsp3) is 0. The van der Waals surface area contributed by atoms with Crippen molar-refractivity contribution in [3.05, 3.63) is 53.4 Å². The van der Waals surface area contributed by atoms with Crippen molar-refractivity contribution in [2.45, 2.75) is 0 Å². The van der Waals surface area contributed by atoms with Gasteiger partial charge in [-0.15, -0.1) is 0 Å². The van der Waals surface area contributed by atoms with E-state index in [1.807, 2.05) is 6.07 Å². The smallest absolute Gasteiger partial charge is 0.258 e. The van der Waals surface area contributed by atoms with E-state index in [1.165, 1.54) is 0 Å². The second-order valence-electron chi connectivity index (χ2n) is 4.32. The number of hydrogen-bond acceptors (Lipinski definition) is 3. The monoisotopic (exact) mass is 588 g/mol. The van der Waals surface area contributed by atoms with Gasteiger partial charge in [0.1, 0.15) is 5.75 Å². The molecule has 2 rings (SSSR count). The number of phenolic OH excluding ortho intramolecular Hbond substituents is 1. The minimum atomic E-state index is -0.400. The summed E-state index contributed by atoms with van der Waals surface area (Å²) < 4.78 is 1.87. The van der Waals surface area contributed by atoms with Gasteiger partial charge in [0.05, 0.1) is 19.5 Å². The average Bonchev–Trinajstić information content (AvgIpc) is 2.46. The Morgan fingerprint density at radius 1 is 1.22 bits per heavy atom. The summed E-state index contributed by atoms with van der Waals surface area (Å²) in [6.07, 6.45) is 0. The molecule has 0 atom stereocenters. The van der Waals surface area contributed by atoms with Crippen LogP contribution in [-0.4, -0.2) is 16.1 Å². The van der Waals surface area contributed by atoms with E-state index in [1.54, 1.807) is 24.3 Å². The van der Waals surface area contributed by atoms with Crippen LogP contribution in [-0.2, 0) is 0 Å². The van der Waals surface area contributed by atoms with Crippen LogP contribution in [0.5, 0.6) is 5.75 Å². The standard InChI is InChI=1S/C14H8Br2ClIN2O2S/c15-9-4-7(5-10(16)12(9)21)19-14(23)20-13(22)8-3-6(18)1-2-11(8)17/h1-5,21H,(H2,19,20,22,23). The summed E-state index contributed by atoms with van der Waals surface area (Å²) in [6, 6.07) is 8.41. The van der Waals surface area contributed by atoms with Crippen LogP contribution in [0.2, 0.25) is 5.02 Å². The van der Waals surface area contributed by atoms with Crippen LogP contribution in [0.1, 0.15) is 10.4 Å². The molecule has 120 valence electrons. The number of anilines is 1. The van der Waals surface area contributed by atoms with Crippen LogP contribution in [0, 0.1) is 3.57 Å². The van der Waals surface area contributed by atoms with Crippen molar-refractivity contribution in [3.8, 4) is 5.75 Å². The fourth-order valence-corrected chi connectivity index (χ4v) is 3.73. The molecule has 0 heterocycles. The molecular formula is C14H8Br2ClIN2O2S. The van der Waals surface area contributed by atoms with Crippen LogP contribution in [0.15, 0.2) is 39.3 Å². The van der Waals surface area contributed by atoms with Gasteiger partial charge in [-0.3, -0.25) is 10.1 Å². The molecule has 0 fully saturated rings. The molecule has 0 aromatic heterocycles. The van der Waals surface area contributed by atoms with Gasteiger partial charge in [0.25, 0.3) is 5.91 Å². The summed E-state index contributed by atoms with van der Waals surface area (Å²) in [5.41, 5.74) is 0.941. The molecule has 2 aromatic carbocycles. The van der Waals surface area contributed by atoms with Crippen LogP contribution >= 0.6 is 78.3 Å². The van der Waals surface area contributed by atoms with E-state index in [0.717, 1.165) is 3.57 Å². The Morgan fingerprint density at radius 3 is 2.43 bits per heavy atom. The zero-order valence-corrected chi connectivity index (χ0v) is 18.1. The van der Waals surface area contributed by atoms with Crippen LogP contribution in [0.3, 0.4) is 0 Å². The molecule has 2 aromatic rings. The first-order valence-corrected chi connectivity index (χ1v) is 9.48. The summed E-state index contributed by atoms with van der Waals surface area (Å²) in [5.74, 6) is -0.320. The number of amides is 1. The van der Waals surface area contributed by atoms with Crippen molar-refractivity contribution in [3.63, 3.8) is 0 Å². The molecule has 23 heavy (non-hydrogen) atoms. The predicted octanol–water partition coefficient (Wildman–Crippen LogP) is 5.30. The Hall–Kier alpha value is -0.420. The van der Waals surface area contributed by atoms with E-state index in [2.05, 4.69) is 65.1 Å². The van der Waals surface area contributed by atoms with Crippen molar-refractivity contribution in [1.29, 1.82) is 0 Å². The minimum Gasteiger partial charge on any atom is -0.506 e. The highest BCUT2D eigenvalue weighted by Gasteiger charge is 2.13. The van der Waals surface area contributed by atoms with Crippen molar-refractivity contribution in [2.75, 3.05) is 5.32 Å². The number of carbonyl (C=O) groups is 1. The number of hydrogen-bond donors (Lipinski definition) is 3. The molecule has 0 spiro atoms. The highest BCUT2D eigenvalue weighted by Crippen LogP contribution is 2.35. The summed E-state index contributed by atoms with van der Waals surface area (Å²) in [7, 11) is 0. The maximum Gasteiger partial charge on any atom is 0.258 e. The molecule has 0 aliphatic rings. The van der Waals surface area contributed by atoms with Gasteiger partial charge >= 0.3 is 0 Å². The maximum absolute atomic E-state index is 12.2. The van der Waals surface area contributed by atoms with Crippen molar-refractivity contribution in [2.24, 2.45) is 0 Å². The van der Waals surface area contributed by atoms with Gasteiger partial charge < -0.3 is 10.4 Å². The van der Waals surface area contributed by atoms with E-state index in [-0.39, 0.29) is 10.9 Å². The lowest BCUT2D eigenvalue weighted by molar-refractivity contribution is 0.0978. The van der Waals surface area contributed by atoms with Gasteiger partial charge in [0.2, 0.25) is 0 Å². The minimum absolute atomic E-state index is 0.0798. The number of rotatable bonds is 2. The fourth-order valence-electron chi connectivity index (χ4n) is 1.64. The third kappa shape index (κ3) is 5.02. The van der Waals surface area contributed by atoms with Gasteiger partial charge in [-0.2, -0.15) is 0 Å². The van der Waals surface area contributed by atoms with Crippen LogP contribution < -0.4 is 10.6 Å². The number of thiocarbonyl (C=S) groups is 1. The highest BCUT2D eigenvalue weighted by atomic mass is 127. The number of benzene rings is 2. The summed E-state index contributed by atoms with van der Waals surface area (Å²) in [4.78, 5) is 12.2. The maximum atomic E-state index is 12.2. The summed E-state index contributed by atoms with van der Waals surface area (Å²) in [6.45, 7) is 0. The Morgan fingerprint density at radius 2 is 1.83 bits per heavy atom. The van der Waals surface area contributed by atoms with Gasteiger partial charge in [-0.25, -0.2) is 0 Å². The van der Waals surface area contributed by atoms with E-state index in [4.69, 9.17) is 23.8 Å². The number of nitrogens with one attached hydrogen (secondary N) is 2. The molecule has 0 radical (unpaired) electrons. The predicted molar refractivity (Wildman–Crippen MR) is 111 cm³/mol. The van der Waals surface area contributed by atoms with E-state index in [0.29, 0.717) is 25.2 Å². The topological polar surface area (TPSA) is 61.4 Å². The first-order chi connectivity index (χ1) is 10.8. The molecule has 0 saturated heterocycles. The molecule has 9 heteroatoms. The molecule has 1 amide bonds. The molecule has 4 nitrogen and oxygen atoms in total. The Kier molecular flexibility index (Phi) is 6.66. The first-order valence-electron chi connectivity index (χ1n) is 6.03. The molecule has 0 aliphatic heterocycles. The van der Waals surface area contributed by atoms with E-state index in [9.17, 15) is 9.90 Å². The Labute approximate surface area is 173 Å². The quantitative estimate of drug-likeness (QED) is 0.253. The average molecular weight is 590 g/mol. The molecule has 0 aliphatic carbocycles. The lowest BCUT2D eigenvalue weighted by Crippen LogP contribution is -2.34. The first kappa shape index (κ1) is 18.9. The number of halogens is 4. The van der Waals surface area contributed by atoms with Crippen molar-refractivity contribution in [1.82, 2.24) is 5.32 Å². The SMILES string of the molecule is O=C(NC(=S)Nc1cc(Br)c(O)c(Br)c1)c1cc(I)ccc1Cl. The Balaban J connectivity index is 2.10. The Bertz CT molecular complexity index is 781. The van der Waals surface area contributed by atoms with E-state index >= 15 is 0 Å². The van der Waals surface area contributed by atoms with Gasteiger partial charge in [-0.1, -0.05) is 11.6 Å². The lowest BCUT2D eigenvalue weighted by Gasteiger charge is -2.12. The van der Waals surface area contributed by atoms with Crippen LogP contribution in [0.4, 0.5) is 5.69 Å². The van der Waals surface area contributed by atoms with Crippen LogP contribution in [0.25, 0.3) is 0 Å². The molecule has 0 unspecified atom stereocenters. The highest BCUT2D eigenvalue weighted by molar-refractivity contribution is 14.1. The zero-order valence-electron chi connectivity index (χ0n) is 11.2. The second-order valence-corrected chi connectivity index (χ2v) is 8.09. The molecule has 0 saturated carbocycles. The molecule has 0 bridgehead atoms. The molecule has 3 N–H and O–H groups in total. The third-order valence-corrected chi connectivity index (χ3v) is 5.09. The summed E-state index contributed by atoms with van der Waals surface area (Å²) >= 11 is 19.7. The van der Waals surface area contributed by atoms with Gasteiger partial charge in [0, 0.05) is 9.26 Å². The summed E-state index contributed by atoms with van der Waals surface area (Å²) in [5, 5.41) is 15.6. The lowest BCUT2D eigenvalue weighted by atomic mass is 10.2.